The Labute approximate surface area is 221 Å². The average Bonchev–Trinajstić information content (AvgIpc) is 3.38. The van der Waals surface area contributed by atoms with Gasteiger partial charge < -0.3 is 9.84 Å². The van der Waals surface area contributed by atoms with Crippen molar-refractivity contribution < 1.29 is 19.4 Å². The fourth-order valence-corrected chi connectivity index (χ4v) is 5.92. The third-order valence-electron chi connectivity index (χ3n) is 6.09. The lowest BCUT2D eigenvalue weighted by Crippen LogP contribution is -2.29. The number of hydrogen-bond acceptors (Lipinski definition) is 6. The first-order valence-electron chi connectivity index (χ1n) is 11.5. The molecule has 6 nitrogen and oxygen atoms in total. The van der Waals surface area contributed by atoms with Crippen molar-refractivity contribution in [2.75, 3.05) is 11.5 Å². The van der Waals surface area contributed by atoms with Gasteiger partial charge in [0.2, 0.25) is 0 Å². The number of hydrogen-bond donors (Lipinski definition) is 1. The normalized spacial score (nSPS) is 17.2. The van der Waals surface area contributed by atoms with Gasteiger partial charge in [-0.15, -0.1) is 0 Å². The number of nitrogens with zero attached hydrogens (tertiary/aromatic N) is 2. The second-order valence-electron chi connectivity index (χ2n) is 8.60. The number of Topliss-reactive ketones (excluding diaryl/α,β-unsaturated/α-hetero) is 1. The summed E-state index contributed by atoms with van der Waals surface area (Å²) in [6.07, 6.45) is 0. The van der Waals surface area contributed by atoms with Crippen molar-refractivity contribution in [2.45, 2.75) is 26.8 Å². The Morgan fingerprint density at radius 2 is 1.78 bits per heavy atom. The Kier molecular flexibility index (Phi) is 6.40. The van der Waals surface area contributed by atoms with E-state index >= 15 is 0 Å². The summed E-state index contributed by atoms with van der Waals surface area (Å²) in [4.78, 5) is 33.0. The second-order valence-corrected chi connectivity index (χ2v) is 10.5. The van der Waals surface area contributed by atoms with Crippen LogP contribution in [0, 0.1) is 13.8 Å². The molecular formula is C28H23BrN2O4S. The number of benzene rings is 3. The molecule has 5 rings (SSSR count). The number of aryl methyl sites for hydroxylation is 2. The highest BCUT2D eigenvalue weighted by molar-refractivity contribution is 9.10. The van der Waals surface area contributed by atoms with Crippen LogP contribution < -0.4 is 9.64 Å². The van der Waals surface area contributed by atoms with Gasteiger partial charge in [0.25, 0.3) is 5.78 Å². The van der Waals surface area contributed by atoms with Crippen LogP contribution in [0.5, 0.6) is 5.75 Å². The molecule has 1 amide bonds. The van der Waals surface area contributed by atoms with Crippen molar-refractivity contribution in [3.8, 4) is 5.75 Å². The van der Waals surface area contributed by atoms with Crippen LogP contribution in [0.15, 0.2) is 70.7 Å². The number of halogens is 1. The lowest BCUT2D eigenvalue weighted by Gasteiger charge is -2.23. The van der Waals surface area contributed by atoms with Crippen LogP contribution in [0.2, 0.25) is 0 Å². The highest BCUT2D eigenvalue weighted by Crippen LogP contribution is 2.45. The Morgan fingerprint density at radius 1 is 1.08 bits per heavy atom. The average molecular weight is 563 g/mol. The first-order chi connectivity index (χ1) is 17.3. The standard InChI is InChI=1S/C28H23BrN2O4S/c1-4-35-20-11-7-18(8-12-20)25(32)22-24(17-5-9-19(29)10-6-17)31(27(34)26(22)33)28-30-23-16(3)13-15(2)14-21(23)36-28/h5-14,24,32H,4H2,1-3H3/b25-22+/t24-/m0/s1. The van der Waals surface area contributed by atoms with E-state index in [0.29, 0.717) is 28.6 Å². The highest BCUT2D eigenvalue weighted by atomic mass is 79.9. The number of amides is 1. The molecule has 4 aromatic rings. The predicted molar refractivity (Wildman–Crippen MR) is 146 cm³/mol. The van der Waals surface area contributed by atoms with Gasteiger partial charge in [-0.3, -0.25) is 14.5 Å². The van der Waals surface area contributed by atoms with Gasteiger partial charge in [-0.2, -0.15) is 0 Å². The maximum Gasteiger partial charge on any atom is 0.301 e. The molecule has 1 saturated heterocycles. The van der Waals surface area contributed by atoms with Crippen LogP contribution in [0.1, 0.15) is 35.2 Å². The van der Waals surface area contributed by atoms with Crippen molar-refractivity contribution in [1.82, 2.24) is 4.98 Å². The van der Waals surface area contributed by atoms with Crippen LogP contribution in [-0.4, -0.2) is 28.4 Å². The van der Waals surface area contributed by atoms with Crippen LogP contribution in [0.25, 0.3) is 16.0 Å². The zero-order valence-corrected chi connectivity index (χ0v) is 22.3. The first-order valence-corrected chi connectivity index (χ1v) is 13.1. The molecule has 1 aliphatic rings. The number of thiazole rings is 1. The van der Waals surface area contributed by atoms with Gasteiger partial charge in [-0.1, -0.05) is 45.5 Å². The number of anilines is 1. The molecule has 0 saturated carbocycles. The molecule has 0 aliphatic carbocycles. The number of carbonyl (C=O) groups is 2. The van der Waals surface area contributed by atoms with E-state index in [1.54, 1.807) is 24.3 Å². The zero-order valence-electron chi connectivity index (χ0n) is 19.9. The summed E-state index contributed by atoms with van der Waals surface area (Å²) in [6.45, 7) is 6.39. The number of aromatic nitrogens is 1. The van der Waals surface area contributed by atoms with Crippen LogP contribution in [0.4, 0.5) is 5.13 Å². The molecular weight excluding hydrogens is 540 g/mol. The molecule has 1 atom stereocenters. The third kappa shape index (κ3) is 4.20. The SMILES string of the molecule is CCOc1ccc(/C(O)=C2\C(=O)C(=O)N(c3nc4c(C)cc(C)cc4s3)[C@H]2c2ccc(Br)cc2)cc1. The van der Waals surface area contributed by atoms with E-state index in [2.05, 4.69) is 15.9 Å². The van der Waals surface area contributed by atoms with Gasteiger partial charge in [-0.05, 0) is 79.9 Å². The molecule has 0 bridgehead atoms. The fourth-order valence-electron chi connectivity index (χ4n) is 4.48. The van der Waals surface area contributed by atoms with E-state index in [1.165, 1.54) is 16.2 Å². The Balaban J connectivity index is 1.69. The van der Waals surface area contributed by atoms with Crippen LogP contribution in [0.3, 0.4) is 0 Å². The van der Waals surface area contributed by atoms with E-state index < -0.39 is 17.7 Å². The first kappa shape index (κ1) is 24.2. The van der Waals surface area contributed by atoms with Crippen LogP contribution >= 0.6 is 27.3 Å². The fraction of sp³-hybridized carbons (Fsp3) is 0.179. The van der Waals surface area contributed by atoms with Gasteiger partial charge >= 0.3 is 5.91 Å². The van der Waals surface area contributed by atoms with E-state index in [-0.39, 0.29) is 11.3 Å². The minimum Gasteiger partial charge on any atom is -0.507 e. The van der Waals surface area contributed by atoms with E-state index in [1.807, 2.05) is 57.2 Å². The lowest BCUT2D eigenvalue weighted by molar-refractivity contribution is -0.132. The molecule has 2 heterocycles. The van der Waals surface area contributed by atoms with Crippen molar-refractivity contribution >= 4 is 60.1 Å². The van der Waals surface area contributed by atoms with Crippen molar-refractivity contribution in [1.29, 1.82) is 0 Å². The second kappa shape index (κ2) is 9.52. The molecule has 0 radical (unpaired) electrons. The number of aliphatic hydroxyl groups excluding tert-OH is 1. The molecule has 1 fully saturated rings. The van der Waals surface area contributed by atoms with Crippen molar-refractivity contribution in [3.63, 3.8) is 0 Å². The van der Waals surface area contributed by atoms with Crippen molar-refractivity contribution in [3.05, 3.63) is 93.0 Å². The third-order valence-corrected chi connectivity index (χ3v) is 7.62. The zero-order chi connectivity index (χ0) is 25.6. The maximum absolute atomic E-state index is 13.4. The molecule has 1 aliphatic heterocycles. The molecule has 0 unspecified atom stereocenters. The van der Waals surface area contributed by atoms with Crippen molar-refractivity contribution in [2.24, 2.45) is 0 Å². The summed E-state index contributed by atoms with van der Waals surface area (Å²) in [6, 6.07) is 17.4. The van der Waals surface area contributed by atoms with Gasteiger partial charge in [-0.25, -0.2) is 4.98 Å². The van der Waals surface area contributed by atoms with Gasteiger partial charge in [0, 0.05) is 10.0 Å². The van der Waals surface area contributed by atoms with E-state index in [0.717, 1.165) is 25.8 Å². The predicted octanol–water partition coefficient (Wildman–Crippen LogP) is 6.70. The molecule has 0 spiro atoms. The smallest absolute Gasteiger partial charge is 0.301 e. The number of rotatable bonds is 5. The number of ketones is 1. The molecule has 8 heteroatoms. The summed E-state index contributed by atoms with van der Waals surface area (Å²) in [5, 5.41) is 11.7. The van der Waals surface area contributed by atoms with Gasteiger partial charge in [0.1, 0.15) is 11.5 Å². The summed E-state index contributed by atoms with van der Waals surface area (Å²) < 4.78 is 7.29. The number of carbonyl (C=O) groups excluding carboxylic acids is 2. The number of aliphatic hydroxyl groups is 1. The highest BCUT2D eigenvalue weighted by Gasteiger charge is 2.48. The van der Waals surface area contributed by atoms with Crippen LogP contribution in [-0.2, 0) is 9.59 Å². The summed E-state index contributed by atoms with van der Waals surface area (Å²) in [5.41, 5.74) is 4.03. The Bertz CT molecular complexity index is 1520. The summed E-state index contributed by atoms with van der Waals surface area (Å²) in [7, 11) is 0. The molecule has 182 valence electrons. The maximum atomic E-state index is 13.4. The summed E-state index contributed by atoms with van der Waals surface area (Å²) >= 11 is 4.80. The summed E-state index contributed by atoms with van der Waals surface area (Å²) in [5.74, 6) is -1.05. The van der Waals surface area contributed by atoms with Gasteiger partial charge in [0.05, 0.1) is 28.4 Å². The monoisotopic (exact) mass is 562 g/mol. The molecule has 1 N–H and O–H groups in total. The molecule has 3 aromatic carbocycles. The quantitative estimate of drug-likeness (QED) is 0.166. The van der Waals surface area contributed by atoms with E-state index in [9.17, 15) is 14.7 Å². The minimum absolute atomic E-state index is 0.0265. The molecule has 1 aromatic heterocycles. The number of ether oxygens (including phenoxy) is 1. The Morgan fingerprint density at radius 3 is 2.44 bits per heavy atom. The minimum atomic E-state index is -0.827. The Hall–Kier alpha value is -3.49. The van der Waals surface area contributed by atoms with Gasteiger partial charge in [0.15, 0.2) is 5.13 Å². The van der Waals surface area contributed by atoms with E-state index in [4.69, 9.17) is 9.72 Å². The molecule has 36 heavy (non-hydrogen) atoms. The topological polar surface area (TPSA) is 79.7 Å². The lowest BCUT2D eigenvalue weighted by atomic mass is 9.95. The largest absolute Gasteiger partial charge is 0.507 e. The number of fused-ring (bicyclic) bond motifs is 1.